The molecule has 0 spiro atoms. The SMILES string of the molecule is CC#C[SiH2]C(C)(C)CC. The molecule has 0 N–H and O–H groups in total. The van der Waals surface area contributed by atoms with E-state index in [1.807, 2.05) is 6.92 Å². The topological polar surface area (TPSA) is 0 Å². The fourth-order valence-corrected chi connectivity index (χ4v) is 1.36. The second-order valence-corrected chi connectivity index (χ2v) is 5.74. The highest BCUT2D eigenvalue weighted by Crippen LogP contribution is 2.25. The zero-order valence-corrected chi connectivity index (χ0v) is 8.33. The van der Waals surface area contributed by atoms with E-state index in [1.165, 1.54) is 6.42 Å². The van der Waals surface area contributed by atoms with Crippen LogP contribution in [0.4, 0.5) is 0 Å². The van der Waals surface area contributed by atoms with Crippen molar-refractivity contribution in [1.82, 2.24) is 0 Å². The van der Waals surface area contributed by atoms with Crippen LogP contribution >= 0.6 is 0 Å². The molecule has 0 aromatic carbocycles. The molecule has 0 aromatic heterocycles. The molecule has 0 radical (unpaired) electrons. The van der Waals surface area contributed by atoms with E-state index in [1.54, 1.807) is 0 Å². The molecule has 0 rings (SSSR count). The molecule has 52 valence electrons. The lowest BCUT2D eigenvalue weighted by molar-refractivity contribution is 0.648. The maximum Gasteiger partial charge on any atom is 0.112 e. The molecule has 0 saturated heterocycles. The third kappa shape index (κ3) is 4.29. The van der Waals surface area contributed by atoms with Gasteiger partial charge in [0.25, 0.3) is 0 Å². The first-order chi connectivity index (χ1) is 4.12. The minimum Gasteiger partial charge on any atom is -0.139 e. The minimum atomic E-state index is -0.122. The van der Waals surface area contributed by atoms with Crippen molar-refractivity contribution in [2.75, 3.05) is 0 Å². The zero-order valence-electron chi connectivity index (χ0n) is 6.91. The van der Waals surface area contributed by atoms with Gasteiger partial charge in [0.1, 0.15) is 9.52 Å². The molecule has 0 amide bonds. The van der Waals surface area contributed by atoms with E-state index in [9.17, 15) is 0 Å². The zero-order chi connectivity index (χ0) is 7.33. The normalized spacial score (nSPS) is 11.6. The van der Waals surface area contributed by atoms with E-state index in [0.29, 0.717) is 5.04 Å². The van der Waals surface area contributed by atoms with Crippen LogP contribution in [0.25, 0.3) is 0 Å². The van der Waals surface area contributed by atoms with E-state index in [0.717, 1.165) is 0 Å². The summed E-state index contributed by atoms with van der Waals surface area (Å²) in [6.45, 7) is 8.79. The summed E-state index contributed by atoms with van der Waals surface area (Å²) >= 11 is 0. The minimum absolute atomic E-state index is 0.122. The number of rotatable bonds is 2. The van der Waals surface area contributed by atoms with Crippen molar-refractivity contribution < 1.29 is 0 Å². The number of hydrogen-bond donors (Lipinski definition) is 0. The Labute approximate surface area is 60.9 Å². The Morgan fingerprint density at radius 1 is 1.44 bits per heavy atom. The maximum absolute atomic E-state index is 3.23. The summed E-state index contributed by atoms with van der Waals surface area (Å²) in [7, 11) is -0.122. The fraction of sp³-hybridized carbons (Fsp3) is 0.750. The molecule has 0 aliphatic carbocycles. The van der Waals surface area contributed by atoms with Crippen LogP contribution in [0.2, 0.25) is 5.04 Å². The largest absolute Gasteiger partial charge is 0.139 e. The molecule has 0 bridgehead atoms. The van der Waals surface area contributed by atoms with Gasteiger partial charge in [-0.25, -0.2) is 0 Å². The van der Waals surface area contributed by atoms with Crippen LogP contribution in [-0.2, 0) is 0 Å². The van der Waals surface area contributed by atoms with Crippen molar-refractivity contribution in [3.05, 3.63) is 0 Å². The molecule has 0 unspecified atom stereocenters. The third-order valence-electron chi connectivity index (χ3n) is 1.70. The molecule has 0 aromatic rings. The predicted molar refractivity (Wildman–Crippen MR) is 46.3 cm³/mol. The van der Waals surface area contributed by atoms with Gasteiger partial charge >= 0.3 is 0 Å². The standard InChI is InChI=1S/C8H16Si/c1-5-7-9-8(3,4)6-2/h6,9H2,1-4H3. The Kier molecular flexibility index (Phi) is 3.64. The molecule has 0 fully saturated rings. The molecule has 0 saturated carbocycles. The first-order valence-corrected chi connectivity index (χ1v) is 4.93. The maximum atomic E-state index is 3.23. The lowest BCUT2D eigenvalue weighted by atomic mass is 10.1. The highest BCUT2D eigenvalue weighted by atomic mass is 28.2. The van der Waals surface area contributed by atoms with Gasteiger partial charge in [0.15, 0.2) is 0 Å². The Morgan fingerprint density at radius 2 is 2.00 bits per heavy atom. The molecule has 9 heavy (non-hydrogen) atoms. The highest BCUT2D eigenvalue weighted by molar-refractivity contribution is 6.49. The van der Waals surface area contributed by atoms with Gasteiger partial charge in [0.2, 0.25) is 0 Å². The summed E-state index contributed by atoms with van der Waals surface area (Å²) in [5.74, 6) is 2.97. The molecule has 0 nitrogen and oxygen atoms in total. The van der Waals surface area contributed by atoms with Crippen molar-refractivity contribution in [1.29, 1.82) is 0 Å². The van der Waals surface area contributed by atoms with Gasteiger partial charge in [-0.2, -0.15) is 0 Å². The van der Waals surface area contributed by atoms with Crippen LogP contribution in [0.15, 0.2) is 0 Å². The summed E-state index contributed by atoms with van der Waals surface area (Å²) in [5, 5.41) is 0.559. The van der Waals surface area contributed by atoms with Crippen molar-refractivity contribution in [2.45, 2.75) is 39.2 Å². The Hall–Kier alpha value is -0.223. The van der Waals surface area contributed by atoms with Crippen LogP contribution in [0, 0.1) is 11.5 Å². The van der Waals surface area contributed by atoms with Crippen LogP contribution in [0.3, 0.4) is 0 Å². The first-order valence-electron chi connectivity index (χ1n) is 3.52. The molecule has 1 heteroatoms. The highest BCUT2D eigenvalue weighted by Gasteiger charge is 2.12. The summed E-state index contributed by atoms with van der Waals surface area (Å²) < 4.78 is 0. The predicted octanol–water partition coefficient (Wildman–Crippen LogP) is 1.74. The Bertz CT molecular complexity index is 125. The molecule has 0 atom stereocenters. The van der Waals surface area contributed by atoms with Crippen molar-refractivity contribution >= 4 is 9.52 Å². The second-order valence-electron chi connectivity index (χ2n) is 3.12. The van der Waals surface area contributed by atoms with Crippen LogP contribution in [0.1, 0.15) is 34.1 Å². The number of hydrogen-bond acceptors (Lipinski definition) is 0. The van der Waals surface area contributed by atoms with E-state index < -0.39 is 0 Å². The van der Waals surface area contributed by atoms with Gasteiger partial charge < -0.3 is 0 Å². The third-order valence-corrected chi connectivity index (χ3v) is 3.69. The molecular formula is C8H16Si. The van der Waals surface area contributed by atoms with Gasteiger partial charge in [-0.15, -0.1) is 11.5 Å². The van der Waals surface area contributed by atoms with Gasteiger partial charge in [0, 0.05) is 0 Å². The molecule has 0 aliphatic heterocycles. The van der Waals surface area contributed by atoms with E-state index in [4.69, 9.17) is 0 Å². The van der Waals surface area contributed by atoms with Crippen LogP contribution in [0.5, 0.6) is 0 Å². The first kappa shape index (κ1) is 8.78. The van der Waals surface area contributed by atoms with E-state index in [-0.39, 0.29) is 9.52 Å². The van der Waals surface area contributed by atoms with Crippen LogP contribution in [-0.4, -0.2) is 9.52 Å². The van der Waals surface area contributed by atoms with Crippen molar-refractivity contribution in [2.24, 2.45) is 0 Å². The Morgan fingerprint density at radius 3 is 2.33 bits per heavy atom. The quantitative estimate of drug-likeness (QED) is 0.405. The summed E-state index contributed by atoms with van der Waals surface area (Å²) in [6.07, 6.45) is 1.27. The fourth-order valence-electron chi connectivity index (χ4n) is 0.453. The lowest BCUT2D eigenvalue weighted by Crippen LogP contribution is -2.09. The average Bonchev–Trinajstić information content (AvgIpc) is 1.84. The molecular weight excluding hydrogens is 124 g/mol. The van der Waals surface area contributed by atoms with Gasteiger partial charge in [-0.3, -0.25) is 0 Å². The van der Waals surface area contributed by atoms with Gasteiger partial charge in [0.05, 0.1) is 0 Å². The van der Waals surface area contributed by atoms with E-state index in [2.05, 4.69) is 32.2 Å². The smallest absolute Gasteiger partial charge is 0.112 e. The van der Waals surface area contributed by atoms with E-state index >= 15 is 0 Å². The monoisotopic (exact) mass is 140 g/mol. The van der Waals surface area contributed by atoms with Gasteiger partial charge in [-0.1, -0.05) is 27.2 Å². The Balaban J connectivity index is 3.67. The molecule has 0 heterocycles. The van der Waals surface area contributed by atoms with Gasteiger partial charge in [-0.05, 0) is 12.0 Å². The molecule has 0 aliphatic rings. The van der Waals surface area contributed by atoms with Crippen LogP contribution < -0.4 is 0 Å². The van der Waals surface area contributed by atoms with Crippen molar-refractivity contribution in [3.8, 4) is 11.5 Å². The average molecular weight is 140 g/mol. The second kappa shape index (κ2) is 3.74. The summed E-state index contributed by atoms with van der Waals surface area (Å²) in [4.78, 5) is 0. The summed E-state index contributed by atoms with van der Waals surface area (Å²) in [5.41, 5.74) is 3.23. The lowest BCUT2D eigenvalue weighted by Gasteiger charge is -2.17. The summed E-state index contributed by atoms with van der Waals surface area (Å²) in [6, 6.07) is 0. The van der Waals surface area contributed by atoms with Crippen molar-refractivity contribution in [3.63, 3.8) is 0 Å².